The van der Waals surface area contributed by atoms with Crippen molar-refractivity contribution >= 4 is 40.0 Å². The normalized spacial score (nSPS) is 28.6. The molecule has 8 heterocycles. The van der Waals surface area contributed by atoms with Crippen LogP contribution in [0.2, 0.25) is 0 Å². The third-order valence-corrected chi connectivity index (χ3v) is 16.0. The van der Waals surface area contributed by atoms with Crippen LogP contribution in [-0.4, -0.2) is 107 Å². The molecule has 7 aliphatic rings. The fourth-order valence-electron chi connectivity index (χ4n) is 11.1. The number of aromatic nitrogens is 3. The molecule has 14 heteroatoms. The van der Waals surface area contributed by atoms with Crippen LogP contribution < -0.4 is 10.7 Å². The Morgan fingerprint density at radius 1 is 1.08 bits per heavy atom. The fraction of sp³-hybridized carbons (Fsp3) is 0.588. The van der Waals surface area contributed by atoms with Crippen LogP contribution in [0.25, 0.3) is 33.4 Å². The highest BCUT2D eigenvalue weighted by molar-refractivity contribution is 7.10. The lowest BCUT2D eigenvalue weighted by Gasteiger charge is -2.53. The van der Waals surface area contributed by atoms with Gasteiger partial charge in [-0.05, 0) is 85.1 Å². The Kier molecular flexibility index (Phi) is 11.5. The van der Waals surface area contributed by atoms with Crippen molar-refractivity contribution in [3.63, 3.8) is 0 Å². The molecule has 2 aliphatic carbocycles. The second-order valence-electron chi connectivity index (χ2n) is 21.3. The number of nitrogens with one attached hydrogen (secondary N) is 2. The van der Waals surface area contributed by atoms with Crippen LogP contribution in [0, 0.1) is 46.3 Å². The lowest BCUT2D eigenvalue weighted by atomic mass is 9.73. The summed E-state index contributed by atoms with van der Waals surface area (Å²) in [5.74, 6) is 6.62. The van der Waals surface area contributed by atoms with Crippen molar-refractivity contribution in [3.8, 4) is 34.4 Å². The molecule has 13 nitrogen and oxygen atoms in total. The summed E-state index contributed by atoms with van der Waals surface area (Å²) in [6.45, 7) is 20.0. The van der Waals surface area contributed by atoms with Gasteiger partial charge in [0.2, 0.25) is 5.91 Å². The van der Waals surface area contributed by atoms with Gasteiger partial charge in [-0.1, -0.05) is 53.4 Å². The van der Waals surface area contributed by atoms with Gasteiger partial charge in [0.25, 0.3) is 5.91 Å². The minimum atomic E-state index is -0.842. The van der Waals surface area contributed by atoms with Crippen LogP contribution in [0.4, 0.5) is 0 Å². The molecule has 11 rings (SSSR count). The van der Waals surface area contributed by atoms with Gasteiger partial charge < -0.3 is 24.1 Å². The van der Waals surface area contributed by atoms with Gasteiger partial charge in [-0.3, -0.25) is 29.3 Å². The lowest BCUT2D eigenvalue weighted by Crippen LogP contribution is -2.71. The molecule has 2 N–H and O–H groups in total. The Bertz CT molecular complexity index is 2600. The van der Waals surface area contributed by atoms with E-state index < -0.39 is 17.5 Å². The number of hydrogen-bond acceptors (Lipinski definition) is 11. The van der Waals surface area contributed by atoms with E-state index in [9.17, 15) is 14.4 Å². The van der Waals surface area contributed by atoms with E-state index in [0.717, 1.165) is 89.0 Å². The molecule has 65 heavy (non-hydrogen) atoms. The number of cyclic esters (lactones) is 1. The molecule has 5 aliphatic heterocycles. The predicted molar refractivity (Wildman–Crippen MR) is 250 cm³/mol. The van der Waals surface area contributed by atoms with Crippen molar-refractivity contribution in [3.05, 3.63) is 57.2 Å². The van der Waals surface area contributed by atoms with Gasteiger partial charge in [0.1, 0.15) is 12.1 Å². The summed E-state index contributed by atoms with van der Waals surface area (Å²) in [5.41, 5.74) is 11.9. The summed E-state index contributed by atoms with van der Waals surface area (Å²) in [4.78, 5) is 55.0. The van der Waals surface area contributed by atoms with Gasteiger partial charge in [-0.25, -0.2) is 10.4 Å². The zero-order chi connectivity index (χ0) is 45.5. The van der Waals surface area contributed by atoms with E-state index in [-0.39, 0.29) is 72.0 Å². The number of amides is 2. The Balaban J connectivity index is 1.12. The van der Waals surface area contributed by atoms with Crippen LogP contribution in [0.3, 0.4) is 0 Å². The number of hydrogen-bond donors (Lipinski definition) is 2. The zero-order valence-corrected chi connectivity index (χ0v) is 39.9. The summed E-state index contributed by atoms with van der Waals surface area (Å²) < 4.78 is 20.4. The third kappa shape index (κ3) is 8.41. The molecule has 3 aromatic heterocycles. The number of rotatable bonds is 6. The first-order valence-electron chi connectivity index (χ1n) is 23.6. The molecule has 0 radical (unpaired) electrons. The zero-order valence-electron chi connectivity index (χ0n) is 39.1. The molecule has 6 atom stereocenters. The Morgan fingerprint density at radius 2 is 1.85 bits per heavy atom. The first kappa shape index (κ1) is 44.2. The highest BCUT2D eigenvalue weighted by atomic mass is 32.1. The number of morpholine rings is 1. The monoisotopic (exact) mass is 901 g/mol. The maximum atomic E-state index is 14.6. The quantitative estimate of drug-likeness (QED) is 0.166. The van der Waals surface area contributed by atoms with Crippen molar-refractivity contribution in [1.82, 2.24) is 35.2 Å². The number of benzene rings is 1. The van der Waals surface area contributed by atoms with E-state index in [0.29, 0.717) is 25.8 Å². The lowest BCUT2D eigenvalue weighted by molar-refractivity contribution is -0.171. The van der Waals surface area contributed by atoms with Gasteiger partial charge in [-0.2, -0.15) is 0 Å². The average molecular weight is 902 g/mol. The van der Waals surface area contributed by atoms with E-state index in [1.165, 1.54) is 22.4 Å². The van der Waals surface area contributed by atoms with E-state index >= 15 is 0 Å². The second-order valence-corrected chi connectivity index (χ2v) is 22.2. The molecule has 4 aromatic rings. The van der Waals surface area contributed by atoms with Crippen LogP contribution in [0.1, 0.15) is 94.8 Å². The standard InChI is InChI=1S/C51H63N7O6S/c1-28-29(2)42(28)47(59)54-39-21-41-53-40(25-65-41)32-17-34-22-50(4,5)26-57-45(34)36(20-32)38(23-51(6,7)27-64-49(61)44-33-18-35(19-33)58(55-44)48(39)60)46(57)37-16-31(24-52-43(37)30(3)62-8)10-9-11-56-12-14-63-15-13-56/h16-17,20,24-25,28-30,33,35,39,42,44,55H,11-15,18-19,21-23,26-27H2,1-8H3,(H,54,59)/t28-,29+,30-,33?,35?,39-,42?,44-/m0/s1. The van der Waals surface area contributed by atoms with Gasteiger partial charge in [0, 0.05) is 84.2 Å². The number of pyridine rings is 1. The van der Waals surface area contributed by atoms with Crippen LogP contribution >= 0.6 is 11.3 Å². The molecule has 1 aromatic carbocycles. The molecule has 2 saturated carbocycles. The van der Waals surface area contributed by atoms with E-state index in [1.54, 1.807) is 12.1 Å². The molecule has 5 fully saturated rings. The number of nitrogens with zero attached hydrogens (tertiary/aromatic N) is 5. The molecular formula is C51H63N7O6S. The number of carbonyl (C=O) groups excluding carboxylic acids is 3. The summed E-state index contributed by atoms with van der Waals surface area (Å²) in [7, 11) is 1.72. The first-order chi connectivity index (χ1) is 31.1. The van der Waals surface area contributed by atoms with E-state index in [4.69, 9.17) is 24.2 Å². The molecule has 2 amide bonds. The van der Waals surface area contributed by atoms with Crippen LogP contribution in [0.15, 0.2) is 29.8 Å². The Morgan fingerprint density at radius 3 is 2.58 bits per heavy atom. The average Bonchev–Trinajstić information content (AvgIpc) is 3.51. The number of esters is 1. The molecule has 0 spiro atoms. The molecule has 8 bridgehead atoms. The maximum Gasteiger partial charge on any atom is 0.325 e. The smallest absolute Gasteiger partial charge is 0.325 e. The number of methoxy groups -OCH3 is 1. The van der Waals surface area contributed by atoms with Gasteiger partial charge in [-0.15, -0.1) is 11.3 Å². The third-order valence-electron chi connectivity index (χ3n) is 15.1. The topological polar surface area (TPSA) is 140 Å². The summed E-state index contributed by atoms with van der Waals surface area (Å²) in [6.07, 6.45) is 4.70. The summed E-state index contributed by atoms with van der Waals surface area (Å²) in [5, 5.41) is 8.75. The van der Waals surface area contributed by atoms with Crippen molar-refractivity contribution in [1.29, 1.82) is 0 Å². The van der Waals surface area contributed by atoms with Crippen molar-refractivity contribution in [2.45, 2.75) is 111 Å². The molecule has 3 saturated heterocycles. The highest BCUT2D eigenvalue weighted by Crippen LogP contribution is 2.49. The largest absolute Gasteiger partial charge is 0.464 e. The SMILES string of the molecule is CO[C@@H](C)c1ncc(C#CCN2CCOCC2)cc1-c1c2c3cc(cc4c3n1CC(C)(C)C4)-c1csc(n1)C[C@H](NC(=O)C1[C@@H](C)[C@H]1C)C(=O)N1N[C@H](C(=O)OCC(C)(C)C2)C2CC1C2. The van der Waals surface area contributed by atoms with Gasteiger partial charge in [0.15, 0.2) is 0 Å². The van der Waals surface area contributed by atoms with Gasteiger partial charge >= 0.3 is 5.97 Å². The first-order valence-corrected chi connectivity index (χ1v) is 24.5. The number of hydrazine groups is 1. The number of fused-ring (bicyclic) bond motifs is 4. The van der Waals surface area contributed by atoms with Crippen molar-refractivity contribution in [2.75, 3.05) is 46.6 Å². The predicted octanol–water partition coefficient (Wildman–Crippen LogP) is 6.35. The Hall–Kier alpha value is -4.65. The summed E-state index contributed by atoms with van der Waals surface area (Å²) >= 11 is 1.51. The second kappa shape index (κ2) is 16.9. The maximum absolute atomic E-state index is 14.6. The van der Waals surface area contributed by atoms with Crippen molar-refractivity contribution < 1.29 is 28.6 Å². The Labute approximate surface area is 386 Å². The number of carbonyl (C=O) groups is 3. The van der Waals surface area contributed by atoms with E-state index in [2.05, 4.69) is 97.2 Å². The molecular weight excluding hydrogens is 839 g/mol. The van der Waals surface area contributed by atoms with Crippen molar-refractivity contribution in [2.24, 2.45) is 34.5 Å². The molecule has 344 valence electrons. The summed E-state index contributed by atoms with van der Waals surface area (Å²) in [6, 6.07) is 5.21. The fourth-order valence-corrected chi connectivity index (χ4v) is 11.9. The number of ether oxygens (including phenoxy) is 3. The van der Waals surface area contributed by atoms with Crippen LogP contribution in [0.5, 0.6) is 0 Å². The minimum Gasteiger partial charge on any atom is -0.464 e. The number of thiazole rings is 1. The highest BCUT2D eigenvalue weighted by Gasteiger charge is 2.53. The molecule has 1 unspecified atom stereocenters. The van der Waals surface area contributed by atoms with Gasteiger partial charge in [0.05, 0.1) is 60.1 Å². The van der Waals surface area contributed by atoms with E-state index in [1.807, 2.05) is 13.1 Å². The van der Waals surface area contributed by atoms with Crippen LogP contribution in [-0.2, 0) is 54.4 Å². The minimum absolute atomic E-state index is 0.0529.